The van der Waals surface area contributed by atoms with Crippen LogP contribution in [-0.4, -0.2) is 19.7 Å². The summed E-state index contributed by atoms with van der Waals surface area (Å²) in [4.78, 5) is 0. The first-order valence-corrected chi connectivity index (χ1v) is 7.14. The molecule has 0 aliphatic heterocycles. The number of likely N-dealkylation sites (N-methyl/N-ethyl adjacent to an activating group) is 1. The van der Waals surface area contributed by atoms with Gasteiger partial charge in [0, 0.05) is 12.0 Å². The van der Waals surface area contributed by atoms with E-state index in [-0.39, 0.29) is 0 Å². The molecule has 0 unspecified atom stereocenters. The van der Waals surface area contributed by atoms with Crippen LogP contribution in [0, 0.1) is 5.92 Å². The SMILES string of the molecule is CCNCC1(c2ccc(OCC)cc2)CC(C)C1. The minimum atomic E-state index is 0.361. The van der Waals surface area contributed by atoms with Gasteiger partial charge in [-0.15, -0.1) is 0 Å². The van der Waals surface area contributed by atoms with Crippen molar-refractivity contribution in [3.05, 3.63) is 29.8 Å². The quantitative estimate of drug-likeness (QED) is 0.832. The van der Waals surface area contributed by atoms with Crippen LogP contribution in [0.4, 0.5) is 0 Å². The number of benzene rings is 1. The van der Waals surface area contributed by atoms with Crippen molar-refractivity contribution in [2.24, 2.45) is 5.92 Å². The van der Waals surface area contributed by atoms with Crippen LogP contribution in [-0.2, 0) is 5.41 Å². The molecule has 18 heavy (non-hydrogen) atoms. The molecule has 2 nitrogen and oxygen atoms in total. The maximum absolute atomic E-state index is 5.51. The van der Waals surface area contributed by atoms with Gasteiger partial charge in [-0.3, -0.25) is 0 Å². The topological polar surface area (TPSA) is 21.3 Å². The van der Waals surface area contributed by atoms with E-state index in [0.29, 0.717) is 5.41 Å². The van der Waals surface area contributed by atoms with Crippen LogP contribution in [0.5, 0.6) is 5.75 Å². The van der Waals surface area contributed by atoms with Crippen LogP contribution in [0.25, 0.3) is 0 Å². The Morgan fingerprint density at radius 2 is 1.89 bits per heavy atom. The van der Waals surface area contributed by atoms with Gasteiger partial charge in [0.15, 0.2) is 0 Å². The lowest BCUT2D eigenvalue weighted by Gasteiger charge is -2.47. The van der Waals surface area contributed by atoms with Gasteiger partial charge in [0.2, 0.25) is 0 Å². The van der Waals surface area contributed by atoms with Gasteiger partial charge in [-0.25, -0.2) is 0 Å². The molecule has 0 atom stereocenters. The zero-order valence-corrected chi connectivity index (χ0v) is 11.8. The summed E-state index contributed by atoms with van der Waals surface area (Å²) < 4.78 is 5.51. The molecule has 1 saturated carbocycles. The highest BCUT2D eigenvalue weighted by atomic mass is 16.5. The van der Waals surface area contributed by atoms with Gasteiger partial charge in [-0.1, -0.05) is 26.0 Å². The van der Waals surface area contributed by atoms with Crippen molar-refractivity contribution in [3.8, 4) is 5.75 Å². The number of nitrogens with one attached hydrogen (secondary N) is 1. The fraction of sp³-hybridized carbons (Fsp3) is 0.625. The molecule has 0 radical (unpaired) electrons. The van der Waals surface area contributed by atoms with Crippen molar-refractivity contribution in [3.63, 3.8) is 0 Å². The monoisotopic (exact) mass is 247 g/mol. The molecule has 1 N–H and O–H groups in total. The standard InChI is InChI=1S/C16H25NO/c1-4-17-12-16(10-13(3)11-16)14-6-8-15(9-7-14)18-5-2/h6-9,13,17H,4-5,10-12H2,1-3H3. The van der Waals surface area contributed by atoms with Crippen LogP contribution in [0.2, 0.25) is 0 Å². The second kappa shape index (κ2) is 5.75. The van der Waals surface area contributed by atoms with Crippen molar-refractivity contribution in [1.29, 1.82) is 0 Å². The average molecular weight is 247 g/mol. The van der Waals surface area contributed by atoms with E-state index in [0.717, 1.165) is 31.4 Å². The molecule has 100 valence electrons. The van der Waals surface area contributed by atoms with Crippen LogP contribution in [0.15, 0.2) is 24.3 Å². The maximum Gasteiger partial charge on any atom is 0.119 e. The number of rotatable bonds is 6. The summed E-state index contributed by atoms with van der Waals surface area (Å²) in [6, 6.07) is 8.70. The zero-order chi connectivity index (χ0) is 13.0. The summed E-state index contributed by atoms with van der Waals surface area (Å²) in [5.74, 6) is 1.84. The normalized spacial score (nSPS) is 26.7. The number of hydrogen-bond acceptors (Lipinski definition) is 2. The van der Waals surface area contributed by atoms with Gasteiger partial charge >= 0.3 is 0 Å². The molecule has 2 rings (SSSR count). The third-order valence-corrected chi connectivity index (χ3v) is 3.97. The molecule has 1 aliphatic rings. The first kappa shape index (κ1) is 13.4. The fourth-order valence-corrected chi connectivity index (χ4v) is 3.19. The summed E-state index contributed by atoms with van der Waals surface area (Å²) in [7, 11) is 0. The minimum Gasteiger partial charge on any atom is -0.494 e. The van der Waals surface area contributed by atoms with E-state index in [4.69, 9.17) is 4.74 Å². The van der Waals surface area contributed by atoms with E-state index < -0.39 is 0 Å². The Bertz CT molecular complexity index is 365. The lowest BCUT2D eigenvalue weighted by atomic mass is 9.59. The Labute approximate surface area is 111 Å². The minimum absolute atomic E-state index is 0.361. The van der Waals surface area contributed by atoms with Crippen LogP contribution in [0.1, 0.15) is 39.2 Å². The van der Waals surface area contributed by atoms with Gasteiger partial charge in [-0.2, -0.15) is 0 Å². The molecular weight excluding hydrogens is 222 g/mol. The van der Waals surface area contributed by atoms with Gasteiger partial charge in [0.1, 0.15) is 5.75 Å². The van der Waals surface area contributed by atoms with E-state index in [9.17, 15) is 0 Å². The summed E-state index contributed by atoms with van der Waals surface area (Å²) in [5.41, 5.74) is 1.82. The van der Waals surface area contributed by atoms with Crippen LogP contribution >= 0.6 is 0 Å². The molecule has 1 aromatic rings. The number of ether oxygens (including phenoxy) is 1. The molecule has 0 bridgehead atoms. The van der Waals surface area contributed by atoms with Crippen molar-refractivity contribution in [2.45, 2.75) is 39.0 Å². The highest BCUT2D eigenvalue weighted by molar-refractivity contribution is 5.35. The Morgan fingerprint density at radius 1 is 1.22 bits per heavy atom. The molecule has 2 heteroatoms. The molecule has 0 amide bonds. The van der Waals surface area contributed by atoms with Gasteiger partial charge in [-0.05, 0) is 49.9 Å². The van der Waals surface area contributed by atoms with Gasteiger partial charge in [0.25, 0.3) is 0 Å². The second-order valence-electron chi connectivity index (χ2n) is 5.53. The highest BCUT2D eigenvalue weighted by Crippen LogP contribution is 2.47. The Hall–Kier alpha value is -1.02. The third kappa shape index (κ3) is 2.69. The van der Waals surface area contributed by atoms with E-state index in [1.165, 1.54) is 18.4 Å². The molecule has 0 saturated heterocycles. The number of hydrogen-bond donors (Lipinski definition) is 1. The van der Waals surface area contributed by atoms with Crippen LogP contribution in [0.3, 0.4) is 0 Å². The lowest BCUT2D eigenvalue weighted by molar-refractivity contribution is 0.153. The van der Waals surface area contributed by atoms with Gasteiger partial charge in [0.05, 0.1) is 6.61 Å². The zero-order valence-electron chi connectivity index (χ0n) is 11.8. The van der Waals surface area contributed by atoms with Crippen molar-refractivity contribution in [2.75, 3.05) is 19.7 Å². The van der Waals surface area contributed by atoms with Crippen molar-refractivity contribution in [1.82, 2.24) is 5.32 Å². The highest BCUT2D eigenvalue weighted by Gasteiger charge is 2.42. The Balaban J connectivity index is 2.11. The van der Waals surface area contributed by atoms with Crippen molar-refractivity contribution >= 4 is 0 Å². The summed E-state index contributed by atoms with van der Waals surface area (Å²) in [6.07, 6.45) is 2.60. The van der Waals surface area contributed by atoms with E-state index in [1.807, 2.05) is 6.92 Å². The van der Waals surface area contributed by atoms with E-state index in [2.05, 4.69) is 43.4 Å². The second-order valence-corrected chi connectivity index (χ2v) is 5.53. The molecule has 0 aromatic heterocycles. The smallest absolute Gasteiger partial charge is 0.119 e. The summed E-state index contributed by atoms with van der Waals surface area (Å²) in [6.45, 7) is 9.43. The largest absolute Gasteiger partial charge is 0.494 e. The average Bonchev–Trinajstić information content (AvgIpc) is 2.34. The first-order valence-electron chi connectivity index (χ1n) is 7.14. The molecule has 1 fully saturated rings. The maximum atomic E-state index is 5.51. The molecular formula is C16H25NO. The molecule has 0 heterocycles. The van der Waals surface area contributed by atoms with Gasteiger partial charge < -0.3 is 10.1 Å². The molecule has 1 aliphatic carbocycles. The fourth-order valence-electron chi connectivity index (χ4n) is 3.19. The lowest BCUT2D eigenvalue weighted by Crippen LogP contribution is -2.47. The van der Waals surface area contributed by atoms with Crippen LogP contribution < -0.4 is 10.1 Å². The Kier molecular flexibility index (Phi) is 4.28. The van der Waals surface area contributed by atoms with Crippen molar-refractivity contribution < 1.29 is 4.74 Å². The third-order valence-electron chi connectivity index (χ3n) is 3.97. The first-order chi connectivity index (χ1) is 8.70. The predicted octanol–water partition coefficient (Wildman–Crippen LogP) is 3.36. The predicted molar refractivity (Wildman–Crippen MR) is 76.2 cm³/mol. The summed E-state index contributed by atoms with van der Waals surface area (Å²) >= 11 is 0. The molecule has 1 aromatic carbocycles. The van der Waals surface area contributed by atoms with E-state index in [1.54, 1.807) is 0 Å². The summed E-state index contributed by atoms with van der Waals surface area (Å²) in [5, 5.41) is 3.52. The molecule has 0 spiro atoms. The van der Waals surface area contributed by atoms with E-state index >= 15 is 0 Å². The Morgan fingerprint density at radius 3 is 2.39 bits per heavy atom.